The second-order valence-corrected chi connectivity index (χ2v) is 7.23. The minimum Gasteiger partial charge on any atom is -0.507 e. The number of ether oxygens (including phenoxy) is 1. The molecule has 0 unspecified atom stereocenters. The maximum absolute atomic E-state index is 13.0. The molecule has 0 spiro atoms. The summed E-state index contributed by atoms with van der Waals surface area (Å²) in [6.45, 7) is 9.23. The van der Waals surface area contributed by atoms with Crippen LogP contribution in [-0.4, -0.2) is 64.4 Å². The van der Waals surface area contributed by atoms with Crippen molar-refractivity contribution in [3.05, 3.63) is 65.5 Å². The SMILES string of the molecule is CCOc1ccc(C(O)=C2C(=O)C(=O)N(CCN(CC)CC)[C@@H]2c2ccccn2)cc1. The van der Waals surface area contributed by atoms with Crippen molar-refractivity contribution in [2.45, 2.75) is 26.8 Å². The van der Waals surface area contributed by atoms with Crippen molar-refractivity contribution in [3.8, 4) is 5.75 Å². The summed E-state index contributed by atoms with van der Waals surface area (Å²) in [5.41, 5.74) is 1.06. The second-order valence-electron chi connectivity index (χ2n) is 7.23. The molecule has 1 aromatic heterocycles. The summed E-state index contributed by atoms with van der Waals surface area (Å²) in [5, 5.41) is 11.0. The number of ketones is 1. The molecule has 0 bridgehead atoms. The van der Waals surface area contributed by atoms with E-state index in [0.29, 0.717) is 36.7 Å². The number of aliphatic hydroxyl groups excluding tert-OH is 1. The zero-order valence-electron chi connectivity index (χ0n) is 18.2. The van der Waals surface area contributed by atoms with E-state index in [1.807, 2.05) is 13.0 Å². The van der Waals surface area contributed by atoms with Gasteiger partial charge in [-0.15, -0.1) is 0 Å². The topological polar surface area (TPSA) is 83.0 Å². The molecule has 2 heterocycles. The van der Waals surface area contributed by atoms with E-state index in [1.165, 1.54) is 4.90 Å². The number of nitrogens with zero attached hydrogens (tertiary/aromatic N) is 3. The fourth-order valence-corrected chi connectivity index (χ4v) is 3.78. The summed E-state index contributed by atoms with van der Waals surface area (Å²) in [6, 6.07) is 11.4. The lowest BCUT2D eigenvalue weighted by molar-refractivity contribution is -0.140. The molecule has 0 aliphatic carbocycles. The average Bonchev–Trinajstić information content (AvgIpc) is 3.05. The molecule has 0 saturated carbocycles. The molecule has 3 rings (SSSR count). The molecule has 1 N–H and O–H groups in total. The van der Waals surface area contributed by atoms with Gasteiger partial charge in [-0.25, -0.2) is 0 Å². The standard InChI is InChI=1S/C24H29N3O4/c1-4-26(5-2)15-16-27-21(19-9-7-8-14-25-19)20(23(29)24(27)30)22(28)17-10-12-18(13-11-17)31-6-3/h7-14,21,28H,4-6,15-16H2,1-3H3/t21-/m1/s1. The van der Waals surface area contributed by atoms with Gasteiger partial charge in [0, 0.05) is 24.8 Å². The first kappa shape index (κ1) is 22.5. The van der Waals surface area contributed by atoms with Gasteiger partial charge in [-0.1, -0.05) is 19.9 Å². The van der Waals surface area contributed by atoms with E-state index in [2.05, 4.69) is 23.7 Å². The first-order chi connectivity index (χ1) is 15.0. The predicted octanol–water partition coefficient (Wildman–Crippen LogP) is 3.24. The van der Waals surface area contributed by atoms with E-state index in [1.54, 1.807) is 42.6 Å². The van der Waals surface area contributed by atoms with Crippen LogP contribution in [0.15, 0.2) is 54.2 Å². The van der Waals surface area contributed by atoms with Crippen LogP contribution in [0.2, 0.25) is 0 Å². The highest BCUT2D eigenvalue weighted by Gasteiger charge is 2.46. The Hall–Kier alpha value is -3.19. The van der Waals surface area contributed by atoms with Crippen molar-refractivity contribution in [2.75, 3.05) is 32.8 Å². The normalized spacial score (nSPS) is 18.1. The highest BCUT2D eigenvalue weighted by Crippen LogP contribution is 2.38. The van der Waals surface area contributed by atoms with Gasteiger partial charge in [0.1, 0.15) is 17.6 Å². The molecule has 164 valence electrons. The Kier molecular flexibility index (Phi) is 7.41. The number of pyridine rings is 1. The Balaban J connectivity index is 2.03. The van der Waals surface area contributed by atoms with Crippen LogP contribution in [0.1, 0.15) is 38.1 Å². The summed E-state index contributed by atoms with van der Waals surface area (Å²) in [5.74, 6) is -0.848. The van der Waals surface area contributed by atoms with Crippen molar-refractivity contribution < 1.29 is 19.4 Å². The Morgan fingerprint density at radius 3 is 2.39 bits per heavy atom. The molecule has 0 radical (unpaired) electrons. The van der Waals surface area contributed by atoms with Gasteiger partial charge in [0.25, 0.3) is 11.7 Å². The summed E-state index contributed by atoms with van der Waals surface area (Å²) < 4.78 is 5.45. The number of likely N-dealkylation sites (N-methyl/N-ethyl adjacent to an activating group) is 1. The highest BCUT2D eigenvalue weighted by molar-refractivity contribution is 6.46. The zero-order valence-corrected chi connectivity index (χ0v) is 18.2. The highest BCUT2D eigenvalue weighted by atomic mass is 16.5. The summed E-state index contributed by atoms with van der Waals surface area (Å²) >= 11 is 0. The molecule has 1 amide bonds. The van der Waals surface area contributed by atoms with Crippen LogP contribution < -0.4 is 4.74 Å². The molecule has 1 aliphatic rings. The third kappa shape index (κ3) is 4.77. The van der Waals surface area contributed by atoms with Crippen molar-refractivity contribution >= 4 is 17.4 Å². The number of carbonyl (C=O) groups excluding carboxylic acids is 2. The van der Waals surface area contributed by atoms with E-state index in [0.717, 1.165) is 13.1 Å². The Labute approximate surface area is 183 Å². The van der Waals surface area contributed by atoms with Crippen LogP contribution in [0.25, 0.3) is 5.76 Å². The van der Waals surface area contributed by atoms with Crippen LogP contribution >= 0.6 is 0 Å². The number of Topliss-reactive ketones (excluding diaryl/α,β-unsaturated/α-hetero) is 1. The minimum absolute atomic E-state index is 0.0624. The molecule has 1 aliphatic heterocycles. The van der Waals surface area contributed by atoms with Gasteiger partial charge in [-0.05, 0) is 56.4 Å². The van der Waals surface area contributed by atoms with Crippen LogP contribution in [0.5, 0.6) is 5.75 Å². The zero-order chi connectivity index (χ0) is 22.4. The third-order valence-electron chi connectivity index (χ3n) is 5.50. The van der Waals surface area contributed by atoms with Gasteiger partial charge >= 0.3 is 0 Å². The van der Waals surface area contributed by atoms with E-state index in [-0.39, 0.29) is 11.3 Å². The lowest BCUT2D eigenvalue weighted by atomic mass is 9.98. The summed E-state index contributed by atoms with van der Waals surface area (Å²) in [6.07, 6.45) is 1.62. The number of aliphatic hydroxyl groups is 1. The van der Waals surface area contributed by atoms with Gasteiger partial charge in [0.05, 0.1) is 17.9 Å². The molecular formula is C24H29N3O4. The number of likely N-dealkylation sites (tertiary alicyclic amines) is 1. The van der Waals surface area contributed by atoms with Crippen LogP contribution in [0.3, 0.4) is 0 Å². The van der Waals surface area contributed by atoms with Crippen molar-refractivity contribution in [3.63, 3.8) is 0 Å². The predicted molar refractivity (Wildman–Crippen MR) is 119 cm³/mol. The van der Waals surface area contributed by atoms with E-state index in [4.69, 9.17) is 4.74 Å². The first-order valence-corrected chi connectivity index (χ1v) is 10.7. The molecule has 1 atom stereocenters. The van der Waals surface area contributed by atoms with Crippen molar-refractivity contribution in [1.82, 2.24) is 14.8 Å². The lowest BCUT2D eigenvalue weighted by Gasteiger charge is -2.27. The Morgan fingerprint density at radius 2 is 1.81 bits per heavy atom. The summed E-state index contributed by atoms with van der Waals surface area (Å²) in [7, 11) is 0. The smallest absolute Gasteiger partial charge is 0.295 e. The Morgan fingerprint density at radius 1 is 1.10 bits per heavy atom. The molecule has 7 heteroatoms. The number of benzene rings is 1. The van der Waals surface area contributed by atoms with Crippen LogP contribution in [0, 0.1) is 0 Å². The number of hydrogen-bond acceptors (Lipinski definition) is 6. The Bertz CT molecular complexity index is 937. The molecule has 31 heavy (non-hydrogen) atoms. The third-order valence-corrected chi connectivity index (χ3v) is 5.50. The van der Waals surface area contributed by atoms with E-state index < -0.39 is 17.7 Å². The van der Waals surface area contributed by atoms with Gasteiger partial charge < -0.3 is 19.6 Å². The van der Waals surface area contributed by atoms with Gasteiger partial charge in [0.15, 0.2) is 0 Å². The van der Waals surface area contributed by atoms with E-state index >= 15 is 0 Å². The number of rotatable bonds is 9. The number of carbonyl (C=O) groups is 2. The van der Waals surface area contributed by atoms with Crippen molar-refractivity contribution in [2.24, 2.45) is 0 Å². The largest absolute Gasteiger partial charge is 0.507 e. The van der Waals surface area contributed by atoms with Crippen LogP contribution in [-0.2, 0) is 9.59 Å². The van der Waals surface area contributed by atoms with Gasteiger partial charge in [0.2, 0.25) is 0 Å². The van der Waals surface area contributed by atoms with Crippen LogP contribution in [0.4, 0.5) is 0 Å². The molecular weight excluding hydrogens is 394 g/mol. The monoisotopic (exact) mass is 423 g/mol. The first-order valence-electron chi connectivity index (χ1n) is 10.7. The maximum Gasteiger partial charge on any atom is 0.295 e. The average molecular weight is 424 g/mol. The maximum atomic E-state index is 13.0. The molecule has 7 nitrogen and oxygen atoms in total. The fourth-order valence-electron chi connectivity index (χ4n) is 3.78. The van der Waals surface area contributed by atoms with Crippen molar-refractivity contribution in [1.29, 1.82) is 0 Å². The fraction of sp³-hybridized carbons (Fsp3) is 0.375. The minimum atomic E-state index is -0.733. The number of aromatic nitrogens is 1. The second kappa shape index (κ2) is 10.2. The molecule has 2 aromatic rings. The molecule has 1 aromatic carbocycles. The number of amides is 1. The lowest BCUT2D eigenvalue weighted by Crippen LogP contribution is -2.38. The molecule has 1 fully saturated rings. The number of hydrogen-bond donors (Lipinski definition) is 1. The van der Waals surface area contributed by atoms with Gasteiger partial charge in [-0.3, -0.25) is 14.6 Å². The molecule has 1 saturated heterocycles. The summed E-state index contributed by atoms with van der Waals surface area (Å²) in [4.78, 5) is 34.0. The quantitative estimate of drug-likeness (QED) is 0.379. The van der Waals surface area contributed by atoms with E-state index in [9.17, 15) is 14.7 Å². The van der Waals surface area contributed by atoms with Gasteiger partial charge in [-0.2, -0.15) is 0 Å².